The molecule has 0 N–H and O–H groups in total. The van der Waals surface area contributed by atoms with Gasteiger partial charge >= 0.3 is 5.97 Å². The van der Waals surface area contributed by atoms with E-state index in [0.29, 0.717) is 23.0 Å². The maximum atomic E-state index is 11.3. The van der Waals surface area contributed by atoms with Crippen molar-refractivity contribution in [2.75, 3.05) is 6.61 Å². The van der Waals surface area contributed by atoms with Gasteiger partial charge in [0.1, 0.15) is 5.15 Å². The molecule has 98 valence electrons. The number of carbonyl (C=O) groups is 1. The molecule has 1 rings (SSSR count). The molecule has 0 unspecified atom stereocenters. The number of hydrogen-bond donors (Lipinski definition) is 0. The number of halogens is 1. The number of pyridine rings is 1. The molecule has 4 heteroatoms. The van der Waals surface area contributed by atoms with Gasteiger partial charge in [0.25, 0.3) is 0 Å². The van der Waals surface area contributed by atoms with Crippen molar-refractivity contribution in [1.29, 1.82) is 0 Å². The molecular formula is C13H22ClNO2. The fourth-order valence-electron chi connectivity index (χ4n) is 0.955. The zero-order valence-corrected chi connectivity index (χ0v) is 12.3. The topological polar surface area (TPSA) is 39.2 Å². The fourth-order valence-corrected chi connectivity index (χ4v) is 1.14. The van der Waals surface area contributed by atoms with E-state index in [1.807, 2.05) is 27.7 Å². The van der Waals surface area contributed by atoms with Gasteiger partial charge in [-0.2, -0.15) is 0 Å². The second-order valence-corrected chi connectivity index (χ2v) is 2.87. The summed E-state index contributed by atoms with van der Waals surface area (Å²) in [7, 11) is 0. The third-order valence-electron chi connectivity index (χ3n) is 1.55. The molecule has 3 nitrogen and oxygen atoms in total. The van der Waals surface area contributed by atoms with Crippen LogP contribution in [-0.4, -0.2) is 17.6 Å². The summed E-state index contributed by atoms with van der Waals surface area (Å²) in [5, 5.41) is 0.380. The number of aromatic nitrogens is 1. The normalized spacial score (nSPS) is 8.18. The fraction of sp³-hybridized carbons (Fsp3) is 0.538. The van der Waals surface area contributed by atoms with Crippen LogP contribution in [-0.2, 0) is 4.74 Å². The highest BCUT2D eigenvalue weighted by Gasteiger charge is 2.10. The van der Waals surface area contributed by atoms with Gasteiger partial charge in [-0.25, -0.2) is 9.78 Å². The number of rotatable bonds is 2. The SMILES string of the molecule is CC.CC.CCOC(=O)c1ccc(Cl)nc1C. The molecular weight excluding hydrogens is 238 g/mol. The zero-order valence-electron chi connectivity index (χ0n) is 11.5. The van der Waals surface area contributed by atoms with Gasteiger partial charge in [0, 0.05) is 0 Å². The lowest BCUT2D eigenvalue weighted by Crippen LogP contribution is -2.07. The van der Waals surface area contributed by atoms with E-state index in [1.165, 1.54) is 0 Å². The van der Waals surface area contributed by atoms with E-state index in [0.717, 1.165) is 0 Å². The molecule has 0 saturated heterocycles. The number of ether oxygens (including phenoxy) is 1. The summed E-state index contributed by atoms with van der Waals surface area (Å²) in [4.78, 5) is 15.2. The van der Waals surface area contributed by atoms with E-state index in [9.17, 15) is 4.79 Å². The van der Waals surface area contributed by atoms with Crippen LogP contribution < -0.4 is 0 Å². The van der Waals surface area contributed by atoms with Gasteiger partial charge in [-0.1, -0.05) is 39.3 Å². The molecule has 1 aromatic heterocycles. The van der Waals surface area contributed by atoms with Crippen molar-refractivity contribution >= 4 is 17.6 Å². The maximum Gasteiger partial charge on any atom is 0.339 e. The monoisotopic (exact) mass is 259 g/mol. The lowest BCUT2D eigenvalue weighted by Gasteiger charge is -2.03. The highest BCUT2D eigenvalue weighted by molar-refractivity contribution is 6.29. The standard InChI is InChI=1S/C9H10ClNO2.2C2H6/c1-3-13-9(12)7-4-5-8(10)11-6(7)2;2*1-2/h4-5H,3H2,1-2H3;2*1-2H3. The molecule has 1 aromatic rings. The van der Waals surface area contributed by atoms with E-state index < -0.39 is 0 Å². The average Bonchev–Trinajstić information content (AvgIpc) is 2.34. The molecule has 0 aliphatic rings. The molecule has 0 aliphatic carbocycles. The van der Waals surface area contributed by atoms with Crippen molar-refractivity contribution in [2.24, 2.45) is 0 Å². The zero-order chi connectivity index (χ0) is 13.8. The van der Waals surface area contributed by atoms with Crippen LogP contribution in [0.25, 0.3) is 0 Å². The highest BCUT2D eigenvalue weighted by Crippen LogP contribution is 2.11. The Hall–Kier alpha value is -1.09. The van der Waals surface area contributed by atoms with Crippen molar-refractivity contribution in [3.63, 3.8) is 0 Å². The van der Waals surface area contributed by atoms with Crippen molar-refractivity contribution < 1.29 is 9.53 Å². The Bertz CT molecular complexity index is 327. The number of carbonyl (C=O) groups excluding carboxylic acids is 1. The molecule has 0 fully saturated rings. The molecule has 17 heavy (non-hydrogen) atoms. The van der Waals surface area contributed by atoms with E-state index in [2.05, 4.69) is 4.98 Å². The van der Waals surface area contributed by atoms with E-state index >= 15 is 0 Å². The Kier molecular flexibility index (Phi) is 12.3. The van der Waals surface area contributed by atoms with Crippen molar-refractivity contribution in [3.05, 3.63) is 28.5 Å². The largest absolute Gasteiger partial charge is 0.462 e. The molecule has 0 bridgehead atoms. The van der Waals surface area contributed by atoms with E-state index in [1.54, 1.807) is 26.0 Å². The molecule has 0 aromatic carbocycles. The summed E-state index contributed by atoms with van der Waals surface area (Å²) in [5.74, 6) is -0.357. The Morgan fingerprint density at radius 1 is 1.29 bits per heavy atom. The van der Waals surface area contributed by atoms with Crippen LogP contribution in [0, 0.1) is 6.92 Å². The minimum absolute atomic E-state index is 0.357. The van der Waals surface area contributed by atoms with Crippen LogP contribution in [0.5, 0.6) is 0 Å². The molecule has 0 spiro atoms. The average molecular weight is 260 g/mol. The Morgan fingerprint density at radius 2 is 1.82 bits per heavy atom. The van der Waals surface area contributed by atoms with Crippen molar-refractivity contribution in [2.45, 2.75) is 41.5 Å². The summed E-state index contributed by atoms with van der Waals surface area (Å²) in [6.07, 6.45) is 0. The summed E-state index contributed by atoms with van der Waals surface area (Å²) in [6, 6.07) is 3.18. The van der Waals surface area contributed by atoms with Gasteiger partial charge in [0.2, 0.25) is 0 Å². The van der Waals surface area contributed by atoms with Crippen LogP contribution in [0.15, 0.2) is 12.1 Å². The van der Waals surface area contributed by atoms with Gasteiger partial charge < -0.3 is 4.74 Å². The Labute approximate surface area is 109 Å². The minimum atomic E-state index is -0.357. The third-order valence-corrected chi connectivity index (χ3v) is 1.76. The predicted molar refractivity (Wildman–Crippen MR) is 72.6 cm³/mol. The van der Waals surface area contributed by atoms with Gasteiger partial charge in [0.15, 0.2) is 0 Å². The number of hydrogen-bond acceptors (Lipinski definition) is 3. The van der Waals surface area contributed by atoms with Gasteiger partial charge in [0.05, 0.1) is 17.9 Å². The molecule has 0 radical (unpaired) electrons. The molecule has 0 aliphatic heterocycles. The highest BCUT2D eigenvalue weighted by atomic mass is 35.5. The van der Waals surface area contributed by atoms with Gasteiger partial charge in [-0.05, 0) is 26.0 Å². The first-order chi connectivity index (χ1) is 8.15. The smallest absolute Gasteiger partial charge is 0.339 e. The summed E-state index contributed by atoms with van der Waals surface area (Å²) in [5.41, 5.74) is 1.05. The number of esters is 1. The summed E-state index contributed by atoms with van der Waals surface area (Å²) >= 11 is 5.64. The van der Waals surface area contributed by atoms with Crippen LogP contribution in [0.1, 0.15) is 50.7 Å². The lowest BCUT2D eigenvalue weighted by atomic mass is 10.2. The maximum absolute atomic E-state index is 11.3. The first-order valence-electron chi connectivity index (χ1n) is 5.95. The van der Waals surface area contributed by atoms with Crippen LogP contribution >= 0.6 is 11.6 Å². The first-order valence-corrected chi connectivity index (χ1v) is 6.33. The van der Waals surface area contributed by atoms with Crippen LogP contribution in [0.2, 0.25) is 5.15 Å². The Balaban J connectivity index is 0. The third kappa shape index (κ3) is 6.95. The van der Waals surface area contributed by atoms with Crippen molar-refractivity contribution in [3.8, 4) is 0 Å². The first kappa shape index (κ1) is 18.3. The molecule has 1 heterocycles. The Morgan fingerprint density at radius 3 is 2.24 bits per heavy atom. The van der Waals surface area contributed by atoms with E-state index in [4.69, 9.17) is 16.3 Å². The second-order valence-electron chi connectivity index (χ2n) is 2.49. The molecule has 0 atom stereocenters. The summed E-state index contributed by atoms with van der Waals surface area (Å²) in [6.45, 7) is 11.8. The van der Waals surface area contributed by atoms with Crippen LogP contribution in [0.4, 0.5) is 0 Å². The lowest BCUT2D eigenvalue weighted by molar-refractivity contribution is 0.0525. The minimum Gasteiger partial charge on any atom is -0.462 e. The van der Waals surface area contributed by atoms with Gasteiger partial charge in [-0.3, -0.25) is 0 Å². The van der Waals surface area contributed by atoms with Gasteiger partial charge in [-0.15, -0.1) is 0 Å². The molecule has 0 saturated carbocycles. The predicted octanol–water partition coefficient (Wildman–Crippen LogP) is 4.27. The summed E-state index contributed by atoms with van der Waals surface area (Å²) < 4.78 is 4.83. The van der Waals surface area contributed by atoms with Crippen molar-refractivity contribution in [1.82, 2.24) is 4.98 Å². The quantitative estimate of drug-likeness (QED) is 0.588. The van der Waals surface area contributed by atoms with E-state index in [-0.39, 0.29) is 5.97 Å². The number of aryl methyl sites for hydroxylation is 1. The number of nitrogens with zero attached hydrogens (tertiary/aromatic N) is 1. The van der Waals surface area contributed by atoms with Crippen LogP contribution in [0.3, 0.4) is 0 Å². The second kappa shape index (κ2) is 11.4. The molecule has 0 amide bonds.